The van der Waals surface area contributed by atoms with Crippen molar-refractivity contribution in [1.29, 1.82) is 0 Å². The molecule has 8 heteroatoms. The highest BCUT2D eigenvalue weighted by molar-refractivity contribution is 5.95. The summed E-state index contributed by atoms with van der Waals surface area (Å²) in [6.07, 6.45) is 1.61. The van der Waals surface area contributed by atoms with Crippen LogP contribution >= 0.6 is 0 Å². The minimum absolute atomic E-state index is 0.0242. The van der Waals surface area contributed by atoms with E-state index in [1.165, 1.54) is 12.1 Å². The van der Waals surface area contributed by atoms with Crippen molar-refractivity contribution in [3.8, 4) is 11.4 Å². The van der Waals surface area contributed by atoms with E-state index in [4.69, 9.17) is 4.42 Å². The number of aromatic nitrogens is 3. The van der Waals surface area contributed by atoms with Crippen molar-refractivity contribution < 1.29 is 13.6 Å². The molecule has 1 spiro atoms. The molecular weight excluding hydrogens is 397 g/mol. The minimum Gasteiger partial charge on any atom is -0.466 e. The molecule has 31 heavy (non-hydrogen) atoms. The summed E-state index contributed by atoms with van der Waals surface area (Å²) >= 11 is 0. The molecule has 2 aliphatic rings. The molecule has 0 atom stereocenters. The van der Waals surface area contributed by atoms with E-state index in [1.54, 1.807) is 12.1 Å². The number of hydrogen-bond donors (Lipinski definition) is 0. The van der Waals surface area contributed by atoms with Crippen molar-refractivity contribution in [2.75, 3.05) is 26.7 Å². The lowest BCUT2D eigenvalue weighted by molar-refractivity contribution is 0.0409. The van der Waals surface area contributed by atoms with Crippen molar-refractivity contribution in [3.63, 3.8) is 0 Å². The lowest BCUT2D eigenvalue weighted by Gasteiger charge is -2.48. The highest BCUT2D eigenvalue weighted by atomic mass is 19.1. The lowest BCUT2D eigenvalue weighted by Crippen LogP contribution is -2.56. The van der Waals surface area contributed by atoms with Crippen LogP contribution < -0.4 is 0 Å². The van der Waals surface area contributed by atoms with Gasteiger partial charge in [0.2, 0.25) is 0 Å². The molecule has 3 aromatic rings. The number of rotatable bonds is 2. The van der Waals surface area contributed by atoms with E-state index in [0.717, 1.165) is 42.4 Å². The Kier molecular flexibility index (Phi) is 4.69. The number of carbonyl (C=O) groups excluding carboxylic acids is 1. The zero-order chi connectivity index (χ0) is 21.8. The molecule has 7 nitrogen and oxygen atoms in total. The molecule has 0 bridgehead atoms. The van der Waals surface area contributed by atoms with Gasteiger partial charge in [0.25, 0.3) is 5.91 Å². The first-order valence-corrected chi connectivity index (χ1v) is 10.6. The van der Waals surface area contributed by atoms with Crippen LogP contribution in [0, 0.1) is 19.7 Å². The third kappa shape index (κ3) is 3.35. The van der Waals surface area contributed by atoms with Gasteiger partial charge >= 0.3 is 0 Å². The molecule has 1 amide bonds. The molecule has 4 heterocycles. The van der Waals surface area contributed by atoms with Gasteiger partial charge in [0.15, 0.2) is 5.82 Å². The SMILES string of the molecule is Cc1cc(C(=O)N2CCC3(CC2)CN(C)Cc2nnc(-c4ccc(F)cc4)n23)c(C)o1. The summed E-state index contributed by atoms with van der Waals surface area (Å²) in [6, 6.07) is 8.23. The molecule has 0 N–H and O–H groups in total. The van der Waals surface area contributed by atoms with E-state index in [0.29, 0.717) is 31.0 Å². The third-order valence-electron chi connectivity index (χ3n) is 6.54. The summed E-state index contributed by atoms with van der Waals surface area (Å²) in [5.74, 6) is 2.85. The van der Waals surface area contributed by atoms with Gasteiger partial charge in [0.05, 0.1) is 17.6 Å². The topological polar surface area (TPSA) is 67.4 Å². The first-order chi connectivity index (χ1) is 14.9. The Balaban J connectivity index is 1.45. The van der Waals surface area contributed by atoms with Gasteiger partial charge in [-0.05, 0) is 64.1 Å². The van der Waals surface area contributed by atoms with Gasteiger partial charge < -0.3 is 13.9 Å². The maximum atomic E-state index is 13.5. The summed E-state index contributed by atoms with van der Waals surface area (Å²) in [7, 11) is 2.09. The van der Waals surface area contributed by atoms with Crippen LogP contribution in [0.5, 0.6) is 0 Å². The molecule has 2 aliphatic heterocycles. The smallest absolute Gasteiger partial charge is 0.257 e. The van der Waals surface area contributed by atoms with Crippen molar-refractivity contribution >= 4 is 5.91 Å². The Labute approximate surface area is 180 Å². The van der Waals surface area contributed by atoms with E-state index in [-0.39, 0.29) is 17.3 Å². The molecule has 162 valence electrons. The Morgan fingerprint density at radius 3 is 2.48 bits per heavy atom. The summed E-state index contributed by atoms with van der Waals surface area (Å²) in [5, 5.41) is 8.92. The fraction of sp³-hybridized carbons (Fsp3) is 0.435. The molecule has 0 radical (unpaired) electrons. The molecule has 5 rings (SSSR count). The van der Waals surface area contributed by atoms with Crippen LogP contribution in [0.4, 0.5) is 4.39 Å². The number of furan rings is 1. The van der Waals surface area contributed by atoms with E-state index in [2.05, 4.69) is 26.7 Å². The lowest BCUT2D eigenvalue weighted by atomic mass is 9.84. The average molecular weight is 423 g/mol. The van der Waals surface area contributed by atoms with Crippen LogP contribution in [0.2, 0.25) is 0 Å². The number of amides is 1. The van der Waals surface area contributed by atoms with Crippen LogP contribution in [0.15, 0.2) is 34.7 Å². The van der Waals surface area contributed by atoms with E-state index >= 15 is 0 Å². The van der Waals surface area contributed by atoms with Crippen molar-refractivity contribution in [1.82, 2.24) is 24.6 Å². The fourth-order valence-corrected chi connectivity index (χ4v) is 5.10. The number of nitrogens with zero attached hydrogens (tertiary/aromatic N) is 5. The highest BCUT2D eigenvalue weighted by Crippen LogP contribution is 2.39. The first-order valence-electron chi connectivity index (χ1n) is 10.6. The number of carbonyl (C=O) groups is 1. The maximum absolute atomic E-state index is 13.5. The maximum Gasteiger partial charge on any atom is 0.257 e. The van der Waals surface area contributed by atoms with E-state index < -0.39 is 0 Å². The normalized spacial score (nSPS) is 18.4. The van der Waals surface area contributed by atoms with Gasteiger partial charge in [0.1, 0.15) is 23.2 Å². The Hall–Kier alpha value is -3.00. The molecule has 0 saturated carbocycles. The Morgan fingerprint density at radius 1 is 1.13 bits per heavy atom. The molecule has 1 aromatic carbocycles. The quantitative estimate of drug-likeness (QED) is 0.632. The van der Waals surface area contributed by atoms with Gasteiger partial charge in [-0.15, -0.1) is 10.2 Å². The molecule has 1 fully saturated rings. The summed E-state index contributed by atoms with van der Waals surface area (Å²) < 4.78 is 21.3. The first kappa shape index (κ1) is 19.9. The number of fused-ring (bicyclic) bond motifs is 2. The van der Waals surface area contributed by atoms with Gasteiger partial charge in [-0.25, -0.2) is 4.39 Å². The van der Waals surface area contributed by atoms with Gasteiger partial charge in [-0.1, -0.05) is 0 Å². The van der Waals surface area contributed by atoms with Crippen molar-refractivity contribution in [2.24, 2.45) is 0 Å². The second-order valence-corrected chi connectivity index (χ2v) is 8.80. The molecule has 0 unspecified atom stereocenters. The van der Waals surface area contributed by atoms with E-state index in [9.17, 15) is 9.18 Å². The Bertz CT molecular complexity index is 1130. The van der Waals surface area contributed by atoms with Crippen LogP contribution in [-0.4, -0.2) is 57.2 Å². The second kappa shape index (κ2) is 7.30. The Morgan fingerprint density at radius 2 is 1.84 bits per heavy atom. The molecule has 0 aliphatic carbocycles. The number of piperidine rings is 1. The number of benzene rings is 1. The summed E-state index contributed by atoms with van der Waals surface area (Å²) in [5.41, 5.74) is 1.30. The fourth-order valence-electron chi connectivity index (χ4n) is 5.10. The number of likely N-dealkylation sites (N-methyl/N-ethyl adjacent to an activating group) is 1. The molecule has 2 aromatic heterocycles. The average Bonchev–Trinajstić information content (AvgIpc) is 3.31. The van der Waals surface area contributed by atoms with Crippen molar-refractivity contribution in [2.45, 2.75) is 38.8 Å². The van der Waals surface area contributed by atoms with Crippen LogP contribution in [0.3, 0.4) is 0 Å². The highest BCUT2D eigenvalue weighted by Gasteiger charge is 2.44. The van der Waals surface area contributed by atoms with Gasteiger partial charge in [0, 0.05) is 25.2 Å². The third-order valence-corrected chi connectivity index (χ3v) is 6.54. The zero-order valence-electron chi connectivity index (χ0n) is 18.1. The molecule has 1 saturated heterocycles. The van der Waals surface area contributed by atoms with Gasteiger partial charge in [-0.2, -0.15) is 0 Å². The van der Waals surface area contributed by atoms with Crippen LogP contribution in [0.25, 0.3) is 11.4 Å². The number of halogens is 1. The largest absolute Gasteiger partial charge is 0.466 e. The van der Waals surface area contributed by atoms with Crippen molar-refractivity contribution in [3.05, 3.63) is 59.1 Å². The number of hydrogen-bond acceptors (Lipinski definition) is 5. The van der Waals surface area contributed by atoms with E-state index in [1.807, 2.05) is 24.8 Å². The summed E-state index contributed by atoms with van der Waals surface area (Å²) in [6.45, 7) is 6.56. The minimum atomic E-state index is -0.270. The predicted octanol–water partition coefficient (Wildman–Crippen LogP) is 3.37. The van der Waals surface area contributed by atoms with Gasteiger partial charge in [-0.3, -0.25) is 9.69 Å². The number of likely N-dealkylation sites (tertiary alicyclic amines) is 1. The predicted molar refractivity (Wildman–Crippen MR) is 113 cm³/mol. The monoisotopic (exact) mass is 423 g/mol. The molecular formula is C23H26FN5O2. The summed E-state index contributed by atoms with van der Waals surface area (Å²) in [4.78, 5) is 17.3. The number of aryl methyl sites for hydroxylation is 2. The standard InChI is InChI=1S/C23H26FN5O2/c1-15-12-19(16(2)31-15)22(30)28-10-8-23(9-11-28)14-27(3)13-20-25-26-21(29(20)23)17-4-6-18(24)7-5-17/h4-7,12H,8-11,13-14H2,1-3H3. The second-order valence-electron chi connectivity index (χ2n) is 8.80. The van der Waals surface area contributed by atoms with Crippen LogP contribution in [0.1, 0.15) is 40.5 Å². The zero-order valence-corrected chi connectivity index (χ0v) is 18.1. The van der Waals surface area contributed by atoms with Crippen LogP contribution in [-0.2, 0) is 12.1 Å².